The van der Waals surface area contributed by atoms with E-state index >= 15 is 0 Å². The number of nitrogens with two attached hydrogens (primary N) is 1. The third kappa shape index (κ3) is 32.6. The molecule has 10 N–H and O–H groups in total. The number of likely N-dealkylation sites (tertiary alicyclic amines) is 2. The van der Waals surface area contributed by atoms with Gasteiger partial charge < -0.3 is 102 Å². The van der Waals surface area contributed by atoms with Gasteiger partial charge in [0.2, 0.25) is 65.1 Å². The Bertz CT molecular complexity index is 6120. The first-order chi connectivity index (χ1) is 69.0. The smallest absolute Gasteiger partial charge is 0.410 e. The van der Waals surface area contributed by atoms with Gasteiger partial charge in [-0.1, -0.05) is 33.6 Å². The molecular weight excluding hydrogens is 1970 g/mol. The van der Waals surface area contributed by atoms with Crippen LogP contribution in [0.15, 0.2) is 117 Å². The van der Waals surface area contributed by atoms with E-state index in [4.69, 9.17) is 10.5 Å². The van der Waals surface area contributed by atoms with Gasteiger partial charge in [-0.3, -0.25) is 33.6 Å². The molecule has 11 heterocycles. The quantitative estimate of drug-likeness (QED) is 0.0269. The largest absolute Gasteiger partial charge is 0.444 e. The first-order valence-corrected chi connectivity index (χ1v) is 56.7. The van der Waals surface area contributed by atoms with E-state index in [1.165, 1.54) is 146 Å². The Morgan fingerprint density at radius 3 is 0.891 bits per heavy atom. The summed E-state index contributed by atoms with van der Waals surface area (Å²) < 4.78 is 101. The normalized spacial score (nSPS) is 15.8. The van der Waals surface area contributed by atoms with Crippen LogP contribution < -0.4 is 87.5 Å². The van der Waals surface area contributed by atoms with Crippen LogP contribution in [0.3, 0.4) is 0 Å². The fraction of sp³-hybridized carbons (Fsp3) is 0.515. The molecule has 8 amide bonds. The lowest BCUT2D eigenvalue weighted by Crippen LogP contribution is -2.47. The second-order valence-corrected chi connectivity index (χ2v) is 47.0. The SMILES string of the molecule is C1CCC(N2CCCC2)C1.C1CCNC1.CC(C)(C)OC(=O)N1CCCC1.CC(C)N1CC(=O)N(C)c2cnc(Nc3cc(N)cc(S(C)(=O)=O)c3)nc21.CCC(=O)Nc1cc(Nc2ncc3c(n2)N(C(C)C)CC(=O)N3C)cc(S(C)(=O)=O)c1.CCC(=O)Nc1cc(Nc2ncc3c(n2)N(C(C)C)CC(=O)N3C)cc(S(C)(=O)=O)c1.CCC(=O)Nc1cc(Nc2ncc3c(n2)N(C(C)C)CC(=O)N3C)cc(S(C)(=O)=O)c1. The summed E-state index contributed by atoms with van der Waals surface area (Å²) in [6.07, 6.45) is 25.1. The molecule has 0 radical (unpaired) electrons. The van der Waals surface area contributed by atoms with Crippen molar-refractivity contribution < 1.29 is 76.8 Å². The van der Waals surface area contributed by atoms with Crippen molar-refractivity contribution >= 4 is 202 Å². The van der Waals surface area contributed by atoms with Gasteiger partial charge in [0.25, 0.3) is 0 Å². The van der Waals surface area contributed by atoms with Gasteiger partial charge in [0, 0.05) is 161 Å². The minimum atomic E-state index is -3.51. The second-order valence-electron chi connectivity index (χ2n) is 38.9. The number of nitrogens with zero attached hydrogens (tertiary/aromatic N) is 18. The zero-order valence-corrected chi connectivity index (χ0v) is 91.4. The number of hydrogen-bond acceptors (Lipinski definition) is 36. The van der Waals surface area contributed by atoms with Crippen LogP contribution in [-0.4, -0.2) is 285 Å². The van der Waals surface area contributed by atoms with Crippen molar-refractivity contribution in [1.29, 1.82) is 0 Å². The number of hydrogen-bond donors (Lipinski definition) is 9. The van der Waals surface area contributed by atoms with Gasteiger partial charge in [-0.15, -0.1) is 0 Å². The summed E-state index contributed by atoms with van der Waals surface area (Å²) in [4.78, 5) is 149. The lowest BCUT2D eigenvalue weighted by Gasteiger charge is -2.36. The zero-order valence-electron chi connectivity index (χ0n) is 88.1. The summed E-state index contributed by atoms with van der Waals surface area (Å²) in [7, 11) is -7.24. The van der Waals surface area contributed by atoms with Crippen LogP contribution in [0.25, 0.3) is 0 Å². The van der Waals surface area contributed by atoms with Crippen LogP contribution in [0.2, 0.25) is 0 Å². The number of aromatic nitrogens is 8. The van der Waals surface area contributed by atoms with Crippen molar-refractivity contribution in [3.63, 3.8) is 0 Å². The average Bonchev–Trinajstić information content (AvgIpc) is 1.59. The van der Waals surface area contributed by atoms with Crippen LogP contribution in [0.1, 0.15) is 180 Å². The number of nitrogens with one attached hydrogen (secondary N) is 8. The summed E-state index contributed by atoms with van der Waals surface area (Å²) in [6, 6.07) is 19.1. The predicted octanol–water partition coefficient (Wildman–Crippen LogP) is 12.3. The van der Waals surface area contributed by atoms with Gasteiger partial charge >= 0.3 is 6.09 Å². The number of anilines is 20. The number of likely N-dealkylation sites (N-methyl/N-ethyl adjacent to an activating group) is 4. The fourth-order valence-corrected chi connectivity index (χ4v) is 19.1. The minimum Gasteiger partial charge on any atom is -0.444 e. The summed E-state index contributed by atoms with van der Waals surface area (Å²) in [5.41, 5.74) is 10.9. The Kier molecular flexibility index (Phi) is 39.6. The van der Waals surface area contributed by atoms with Crippen molar-refractivity contribution in [3.8, 4) is 0 Å². The first kappa shape index (κ1) is 116. The third-order valence-electron chi connectivity index (χ3n) is 24.6. The molecule has 8 aromatic rings. The Morgan fingerprint density at radius 2 is 0.646 bits per heavy atom. The number of carbonyl (C=O) groups excluding carboxylic acids is 8. The van der Waals surface area contributed by atoms with E-state index in [1.807, 2.05) is 95.8 Å². The van der Waals surface area contributed by atoms with E-state index in [2.05, 4.69) is 87.3 Å². The van der Waals surface area contributed by atoms with E-state index in [-0.39, 0.29) is 166 Å². The van der Waals surface area contributed by atoms with Crippen LogP contribution >= 0.6 is 0 Å². The third-order valence-corrected chi connectivity index (χ3v) is 29.0. The summed E-state index contributed by atoms with van der Waals surface area (Å²) in [6.45, 7) is 34.4. The van der Waals surface area contributed by atoms with E-state index in [9.17, 15) is 72.0 Å². The maximum absolute atomic E-state index is 12.3. The Balaban J connectivity index is 0.000000184. The summed E-state index contributed by atoms with van der Waals surface area (Å²) >= 11 is 0. The predicted molar refractivity (Wildman–Crippen MR) is 576 cm³/mol. The van der Waals surface area contributed by atoms with Crippen molar-refractivity contribution in [2.75, 3.05) is 201 Å². The van der Waals surface area contributed by atoms with Gasteiger partial charge in [0.1, 0.15) is 28.4 Å². The number of nitrogen functional groups attached to an aromatic ring is 1. The summed E-state index contributed by atoms with van der Waals surface area (Å²) in [5, 5.41) is 23.3. The highest BCUT2D eigenvalue weighted by Crippen LogP contribution is 2.40. The molecule has 4 aromatic carbocycles. The van der Waals surface area contributed by atoms with Crippen LogP contribution in [0.5, 0.6) is 0 Å². The molecule has 0 unspecified atom stereocenters. The van der Waals surface area contributed by atoms with Crippen LogP contribution in [0.4, 0.5) is 120 Å². The molecule has 0 spiro atoms. The highest BCUT2D eigenvalue weighted by atomic mass is 32.2. The molecule has 4 aromatic heterocycles. The highest BCUT2D eigenvalue weighted by Gasteiger charge is 2.37. The second kappa shape index (κ2) is 50.4. The molecule has 8 aliphatic rings. The molecule has 0 bridgehead atoms. The molecule has 1 saturated carbocycles. The lowest BCUT2D eigenvalue weighted by atomic mass is 10.2. The van der Waals surface area contributed by atoms with Crippen LogP contribution in [0, 0.1) is 0 Å². The van der Waals surface area contributed by atoms with E-state index in [1.54, 1.807) is 103 Å². The van der Waals surface area contributed by atoms with Gasteiger partial charge in [-0.25, -0.2) is 58.4 Å². The average molecular weight is 2110 g/mol. The van der Waals surface area contributed by atoms with Gasteiger partial charge in [-0.05, 0) is 227 Å². The lowest BCUT2D eigenvalue weighted by molar-refractivity contribution is -0.118. The minimum absolute atomic E-state index is 0.0332. The number of rotatable bonds is 23. The molecule has 44 nitrogen and oxygen atoms in total. The monoisotopic (exact) mass is 2110 g/mol. The number of ether oxygens (including phenoxy) is 1. The highest BCUT2D eigenvalue weighted by molar-refractivity contribution is 7.91. The maximum atomic E-state index is 12.3. The standard InChI is InChI=1S/3C20H26N6O4S.C17H22N6O3S.C9H17NO2.C9H17N.C4H9N/c3*1-6-17(27)22-13-7-14(9-15(8-13)31(5,29)30)23-20-21-10-16-19(24-20)26(12(2)3)11-18(28)25(16)4;1-10(2)23-9-15(24)22(3)14-8-19-17(21-16(14)23)20-12-5-11(18)6-13(7-12)27(4,25)26;1-9(2,3)12-8(11)10-6-4-5-7-10;1-2-6-9(5-1)10-7-3-4-8-10;1-2-4-5-3-1/h3*7-10,12H,6,11H2,1-5H3,(H,22,27)(H,21,23,24);5-8,10H,9,18H2,1-4H3,(H,19,20,21);4-7H2,1-3H3;9H,1-8H2;5H,1-4H2. The van der Waals surface area contributed by atoms with Crippen LogP contribution in [-0.2, 0) is 77.6 Å². The van der Waals surface area contributed by atoms with Gasteiger partial charge in [0.15, 0.2) is 62.6 Å². The molecule has 48 heteroatoms. The number of fused-ring (bicyclic) bond motifs is 4. The zero-order chi connectivity index (χ0) is 108. The molecule has 4 fully saturated rings. The molecule has 16 rings (SSSR count). The van der Waals surface area contributed by atoms with Crippen molar-refractivity contribution in [2.45, 2.75) is 236 Å². The molecule has 0 atom stereocenters. The summed E-state index contributed by atoms with van der Waals surface area (Å²) in [5.74, 6) is 2.56. The molecule has 7 aliphatic heterocycles. The Hall–Kier alpha value is -13.3. The fourth-order valence-electron chi connectivity index (χ4n) is 16.3. The van der Waals surface area contributed by atoms with Crippen molar-refractivity contribution in [3.05, 3.63) is 97.6 Å². The van der Waals surface area contributed by atoms with Crippen molar-refractivity contribution in [1.82, 2.24) is 55.0 Å². The maximum Gasteiger partial charge on any atom is 0.410 e. The van der Waals surface area contributed by atoms with Gasteiger partial charge in [-0.2, -0.15) is 19.9 Å². The molecule has 800 valence electrons. The Labute approximate surface area is 862 Å². The Morgan fingerprint density at radius 1 is 0.388 bits per heavy atom. The molecule has 3 saturated heterocycles. The van der Waals surface area contributed by atoms with E-state index < -0.39 is 39.3 Å². The van der Waals surface area contributed by atoms with E-state index in [0.29, 0.717) is 91.5 Å². The molecule has 1 aliphatic carbocycles. The topological polar surface area (TPSA) is 540 Å². The first-order valence-electron chi connectivity index (χ1n) is 49.2. The molecular formula is C99H143N27O17S4. The van der Waals surface area contributed by atoms with Crippen molar-refractivity contribution in [2.24, 2.45) is 0 Å². The number of benzene rings is 4. The molecule has 147 heavy (non-hydrogen) atoms. The van der Waals surface area contributed by atoms with Gasteiger partial charge in [0.05, 0.1) is 70.5 Å². The van der Waals surface area contributed by atoms with E-state index in [0.717, 1.165) is 57.0 Å². The number of carbonyl (C=O) groups is 8. The number of amides is 8. The number of sulfone groups is 4.